The van der Waals surface area contributed by atoms with Gasteiger partial charge in [0, 0.05) is 31.4 Å². The van der Waals surface area contributed by atoms with E-state index in [1.807, 2.05) is 18.5 Å². The second kappa shape index (κ2) is 5.59. The highest BCUT2D eigenvalue weighted by molar-refractivity contribution is 7.07. The van der Waals surface area contributed by atoms with E-state index in [-0.39, 0.29) is 5.91 Å². The molecule has 2 rings (SSSR count). The molecule has 0 saturated heterocycles. The third-order valence-electron chi connectivity index (χ3n) is 2.50. The number of aromatic nitrogens is 2. The largest absolute Gasteiger partial charge is 0.388 e. The Morgan fingerprint density at radius 2 is 2.33 bits per heavy atom. The number of nitrogens with one attached hydrogen (secondary N) is 1. The summed E-state index contributed by atoms with van der Waals surface area (Å²) in [6.45, 7) is 0.494. The molecule has 2 aromatic rings. The van der Waals surface area contributed by atoms with Gasteiger partial charge in [-0.3, -0.25) is 9.78 Å². The number of anilines is 1. The van der Waals surface area contributed by atoms with Gasteiger partial charge in [-0.15, -0.1) is 11.3 Å². The number of pyridine rings is 1. The lowest BCUT2D eigenvalue weighted by Gasteiger charge is -2.15. The van der Waals surface area contributed by atoms with Crippen LogP contribution in [0.4, 0.5) is 5.69 Å². The van der Waals surface area contributed by atoms with Crippen LogP contribution in [0.25, 0.3) is 0 Å². The fraction of sp³-hybridized carbons (Fsp3) is 0.250. The summed E-state index contributed by atoms with van der Waals surface area (Å²) in [6, 6.07) is 3.55. The van der Waals surface area contributed by atoms with Crippen molar-refractivity contribution in [1.82, 2.24) is 14.9 Å². The van der Waals surface area contributed by atoms with Gasteiger partial charge in [0.15, 0.2) is 0 Å². The summed E-state index contributed by atoms with van der Waals surface area (Å²) < 4.78 is 0. The molecule has 0 aliphatic rings. The second-order valence-corrected chi connectivity index (χ2v) is 4.54. The lowest BCUT2D eigenvalue weighted by Crippen LogP contribution is -2.27. The summed E-state index contributed by atoms with van der Waals surface area (Å²) in [5, 5.41) is 4.92. The zero-order valence-corrected chi connectivity index (χ0v) is 11.1. The van der Waals surface area contributed by atoms with Crippen LogP contribution in [0.5, 0.6) is 0 Å². The van der Waals surface area contributed by atoms with E-state index >= 15 is 0 Å². The van der Waals surface area contributed by atoms with Gasteiger partial charge in [0.25, 0.3) is 5.91 Å². The second-order valence-electron chi connectivity index (χ2n) is 3.82. The fourth-order valence-corrected chi connectivity index (χ4v) is 2.08. The molecule has 1 amide bonds. The van der Waals surface area contributed by atoms with Crippen molar-refractivity contribution in [3.05, 3.63) is 40.6 Å². The average molecular weight is 262 g/mol. The minimum Gasteiger partial charge on any atom is -0.388 e. The highest BCUT2D eigenvalue weighted by Gasteiger charge is 2.14. The van der Waals surface area contributed by atoms with E-state index in [0.29, 0.717) is 12.2 Å². The van der Waals surface area contributed by atoms with Crippen molar-refractivity contribution in [3.63, 3.8) is 0 Å². The van der Waals surface area contributed by atoms with Crippen molar-refractivity contribution in [3.8, 4) is 0 Å². The standard InChI is InChI=1S/C12H14N4OS/c1-13-9-3-4-14-11(5-9)12(17)16(2)6-10-7-18-8-15-10/h3-5,7-8H,6H2,1-2H3,(H,13,14). The molecule has 1 N–H and O–H groups in total. The number of rotatable bonds is 4. The normalized spacial score (nSPS) is 10.1. The highest BCUT2D eigenvalue weighted by Crippen LogP contribution is 2.11. The number of nitrogens with zero attached hydrogens (tertiary/aromatic N) is 3. The third-order valence-corrected chi connectivity index (χ3v) is 3.13. The molecule has 0 atom stereocenters. The summed E-state index contributed by atoms with van der Waals surface area (Å²) in [4.78, 5) is 22.0. The Kier molecular flexibility index (Phi) is 3.88. The Labute approximate surface area is 109 Å². The van der Waals surface area contributed by atoms with Gasteiger partial charge in [0.2, 0.25) is 0 Å². The number of carbonyl (C=O) groups is 1. The van der Waals surface area contributed by atoms with Gasteiger partial charge >= 0.3 is 0 Å². The van der Waals surface area contributed by atoms with Crippen LogP contribution in [0.15, 0.2) is 29.2 Å². The van der Waals surface area contributed by atoms with Crippen LogP contribution in [0.3, 0.4) is 0 Å². The summed E-state index contributed by atoms with van der Waals surface area (Å²) in [7, 11) is 3.55. The Bertz CT molecular complexity index is 527. The first-order valence-electron chi connectivity index (χ1n) is 5.47. The van der Waals surface area contributed by atoms with Gasteiger partial charge in [0.1, 0.15) is 5.69 Å². The smallest absolute Gasteiger partial charge is 0.272 e. The maximum atomic E-state index is 12.2. The topological polar surface area (TPSA) is 58.1 Å². The van der Waals surface area contributed by atoms with Crippen molar-refractivity contribution < 1.29 is 4.79 Å². The maximum Gasteiger partial charge on any atom is 0.272 e. The van der Waals surface area contributed by atoms with Gasteiger partial charge in [-0.05, 0) is 12.1 Å². The molecular formula is C12H14N4OS. The van der Waals surface area contributed by atoms with E-state index in [0.717, 1.165) is 11.4 Å². The number of hydrogen-bond acceptors (Lipinski definition) is 5. The molecule has 0 fully saturated rings. The monoisotopic (exact) mass is 262 g/mol. The van der Waals surface area contributed by atoms with Gasteiger partial charge in [-0.25, -0.2) is 4.98 Å². The van der Waals surface area contributed by atoms with E-state index in [1.54, 1.807) is 29.7 Å². The van der Waals surface area contributed by atoms with Crippen LogP contribution in [-0.4, -0.2) is 34.9 Å². The lowest BCUT2D eigenvalue weighted by molar-refractivity contribution is 0.0778. The van der Waals surface area contributed by atoms with Gasteiger partial charge in [-0.2, -0.15) is 0 Å². The number of hydrogen-bond donors (Lipinski definition) is 1. The molecule has 0 radical (unpaired) electrons. The molecule has 0 unspecified atom stereocenters. The van der Waals surface area contributed by atoms with Crippen LogP contribution < -0.4 is 5.32 Å². The van der Waals surface area contributed by atoms with E-state index in [9.17, 15) is 4.79 Å². The van der Waals surface area contributed by atoms with Crippen LogP contribution >= 0.6 is 11.3 Å². The van der Waals surface area contributed by atoms with E-state index in [4.69, 9.17) is 0 Å². The lowest BCUT2D eigenvalue weighted by atomic mass is 10.3. The molecule has 6 heteroatoms. The molecule has 5 nitrogen and oxygen atoms in total. The summed E-state index contributed by atoms with van der Waals surface area (Å²) in [6.07, 6.45) is 1.62. The fourth-order valence-electron chi connectivity index (χ4n) is 1.53. The third kappa shape index (κ3) is 2.84. The zero-order chi connectivity index (χ0) is 13.0. The van der Waals surface area contributed by atoms with Crippen LogP contribution in [0, 0.1) is 0 Å². The molecule has 0 bridgehead atoms. The Morgan fingerprint density at radius 3 is 3.00 bits per heavy atom. The van der Waals surface area contributed by atoms with Crippen molar-refractivity contribution in [2.45, 2.75) is 6.54 Å². The summed E-state index contributed by atoms with van der Waals surface area (Å²) >= 11 is 1.52. The first kappa shape index (κ1) is 12.5. The molecule has 2 aromatic heterocycles. The van der Waals surface area contributed by atoms with Gasteiger partial charge < -0.3 is 10.2 Å². The molecule has 0 saturated carbocycles. The molecule has 94 valence electrons. The van der Waals surface area contributed by atoms with Crippen molar-refractivity contribution in [2.24, 2.45) is 0 Å². The molecule has 0 aliphatic carbocycles. The number of carbonyl (C=O) groups excluding carboxylic acids is 1. The maximum absolute atomic E-state index is 12.2. The van der Waals surface area contributed by atoms with Crippen molar-refractivity contribution >= 4 is 22.9 Å². The molecule has 18 heavy (non-hydrogen) atoms. The van der Waals surface area contributed by atoms with Gasteiger partial charge in [-0.1, -0.05) is 0 Å². The van der Waals surface area contributed by atoms with E-state index in [1.165, 1.54) is 11.3 Å². The first-order chi connectivity index (χ1) is 8.70. The predicted octanol–water partition coefficient (Wildman–Crippen LogP) is 1.85. The molecule has 0 aromatic carbocycles. The molecule has 0 aliphatic heterocycles. The minimum atomic E-state index is -0.111. The van der Waals surface area contributed by atoms with E-state index < -0.39 is 0 Å². The minimum absolute atomic E-state index is 0.111. The molecule has 0 spiro atoms. The number of amides is 1. The first-order valence-corrected chi connectivity index (χ1v) is 6.41. The SMILES string of the molecule is CNc1ccnc(C(=O)N(C)Cc2cscn2)c1. The van der Waals surface area contributed by atoms with Crippen LogP contribution in [-0.2, 0) is 6.54 Å². The van der Waals surface area contributed by atoms with Crippen LogP contribution in [0.1, 0.15) is 16.2 Å². The summed E-state index contributed by atoms with van der Waals surface area (Å²) in [5.41, 5.74) is 3.95. The number of thiazole rings is 1. The van der Waals surface area contributed by atoms with Gasteiger partial charge in [0.05, 0.1) is 17.7 Å². The Balaban J connectivity index is 2.10. The average Bonchev–Trinajstić information content (AvgIpc) is 2.90. The molecule has 2 heterocycles. The van der Waals surface area contributed by atoms with Crippen LogP contribution in [0.2, 0.25) is 0 Å². The van der Waals surface area contributed by atoms with Crippen molar-refractivity contribution in [1.29, 1.82) is 0 Å². The zero-order valence-electron chi connectivity index (χ0n) is 10.3. The quantitative estimate of drug-likeness (QED) is 0.913. The molecular weight excluding hydrogens is 248 g/mol. The summed E-state index contributed by atoms with van der Waals surface area (Å²) in [5.74, 6) is -0.111. The predicted molar refractivity (Wildman–Crippen MR) is 71.7 cm³/mol. The highest BCUT2D eigenvalue weighted by atomic mass is 32.1. The van der Waals surface area contributed by atoms with Crippen molar-refractivity contribution in [2.75, 3.05) is 19.4 Å². The van der Waals surface area contributed by atoms with E-state index in [2.05, 4.69) is 15.3 Å². The Hall–Kier alpha value is -1.95. The Morgan fingerprint density at radius 1 is 1.50 bits per heavy atom.